The third-order valence-electron chi connectivity index (χ3n) is 2.75. The molecule has 1 N–H and O–H groups in total. The van der Waals surface area contributed by atoms with Gasteiger partial charge in [-0.05, 0) is 29.8 Å². The molecule has 3 aromatic rings. The minimum absolute atomic E-state index is 0.00153. The van der Waals surface area contributed by atoms with E-state index in [0.717, 1.165) is 0 Å². The largest absolute Gasteiger partial charge is 0.422 e. The summed E-state index contributed by atoms with van der Waals surface area (Å²) < 4.78 is 5.10. The number of benzene rings is 1. The minimum atomic E-state index is -0.716. The van der Waals surface area contributed by atoms with Gasteiger partial charge >= 0.3 is 5.63 Å². The molecule has 0 radical (unpaired) electrons. The maximum atomic E-state index is 12.1. The van der Waals surface area contributed by atoms with E-state index in [1.165, 1.54) is 18.3 Å². The van der Waals surface area contributed by atoms with E-state index in [9.17, 15) is 9.59 Å². The number of nitrogens with zero attached hydrogens (tertiary/aromatic N) is 2. The Bertz CT molecular complexity index is 892. The fourth-order valence-electron chi connectivity index (χ4n) is 1.81. The lowest BCUT2D eigenvalue weighted by atomic mass is 10.2. The standard InChI is InChI=1S/C14H8ClN3O3/c15-14-16-6-5-11(18-14)17-12(19)9-7-8-3-1-2-4-10(8)21-13(9)20/h1-7H,(H,16,17,18,19). The van der Waals surface area contributed by atoms with Crippen molar-refractivity contribution in [1.82, 2.24) is 9.97 Å². The first-order valence-corrected chi connectivity index (χ1v) is 6.34. The Morgan fingerprint density at radius 2 is 2.05 bits per heavy atom. The molecule has 7 heteroatoms. The number of fused-ring (bicyclic) bond motifs is 1. The van der Waals surface area contributed by atoms with E-state index in [4.69, 9.17) is 16.0 Å². The molecule has 6 nitrogen and oxygen atoms in total. The van der Waals surface area contributed by atoms with Crippen molar-refractivity contribution in [2.75, 3.05) is 5.32 Å². The van der Waals surface area contributed by atoms with Crippen LogP contribution in [0.25, 0.3) is 11.0 Å². The number of nitrogens with one attached hydrogen (secondary N) is 1. The van der Waals surface area contributed by atoms with Crippen LogP contribution in [0.15, 0.2) is 51.8 Å². The van der Waals surface area contributed by atoms with Gasteiger partial charge in [0.1, 0.15) is 17.0 Å². The third-order valence-corrected chi connectivity index (χ3v) is 2.94. The van der Waals surface area contributed by atoms with Gasteiger partial charge in [0.2, 0.25) is 5.28 Å². The second kappa shape index (κ2) is 5.34. The summed E-state index contributed by atoms with van der Waals surface area (Å²) in [5.41, 5.74) is -0.404. The number of para-hydroxylation sites is 1. The van der Waals surface area contributed by atoms with E-state index in [1.54, 1.807) is 24.3 Å². The van der Waals surface area contributed by atoms with Crippen LogP contribution >= 0.6 is 11.6 Å². The van der Waals surface area contributed by atoms with Gasteiger partial charge in [0.05, 0.1) is 0 Å². The number of amides is 1. The molecule has 0 saturated heterocycles. The number of hydrogen-bond donors (Lipinski definition) is 1. The zero-order valence-electron chi connectivity index (χ0n) is 10.5. The van der Waals surface area contributed by atoms with Gasteiger partial charge in [-0.1, -0.05) is 18.2 Å². The summed E-state index contributed by atoms with van der Waals surface area (Å²) in [7, 11) is 0. The zero-order valence-corrected chi connectivity index (χ0v) is 11.3. The van der Waals surface area contributed by atoms with Crippen molar-refractivity contribution in [3.05, 3.63) is 63.9 Å². The lowest BCUT2D eigenvalue weighted by Crippen LogP contribution is -2.21. The molecule has 0 atom stereocenters. The molecule has 3 rings (SSSR count). The normalized spacial score (nSPS) is 10.5. The first-order chi connectivity index (χ1) is 10.1. The summed E-state index contributed by atoms with van der Waals surface area (Å²) in [5, 5.41) is 3.12. The summed E-state index contributed by atoms with van der Waals surface area (Å²) in [5.74, 6) is -0.420. The highest BCUT2D eigenvalue weighted by atomic mass is 35.5. The van der Waals surface area contributed by atoms with Gasteiger partial charge in [0.25, 0.3) is 5.91 Å². The molecule has 0 aliphatic carbocycles. The fraction of sp³-hybridized carbons (Fsp3) is 0. The van der Waals surface area contributed by atoms with Gasteiger partial charge in [-0.2, -0.15) is 0 Å². The Morgan fingerprint density at radius 3 is 2.86 bits per heavy atom. The molecule has 1 amide bonds. The van der Waals surface area contributed by atoms with Gasteiger partial charge in [-0.25, -0.2) is 14.8 Å². The Balaban J connectivity index is 1.98. The van der Waals surface area contributed by atoms with E-state index in [0.29, 0.717) is 11.0 Å². The quantitative estimate of drug-likeness (QED) is 0.580. The predicted molar refractivity (Wildman–Crippen MR) is 77.5 cm³/mol. The summed E-state index contributed by atoms with van der Waals surface area (Å²) in [6.45, 7) is 0. The number of carbonyl (C=O) groups is 1. The van der Waals surface area contributed by atoms with Crippen LogP contribution in [0.4, 0.5) is 5.82 Å². The molecule has 2 aromatic heterocycles. The van der Waals surface area contributed by atoms with E-state index in [-0.39, 0.29) is 16.7 Å². The first-order valence-electron chi connectivity index (χ1n) is 5.96. The molecular formula is C14H8ClN3O3. The lowest BCUT2D eigenvalue weighted by Gasteiger charge is -2.04. The van der Waals surface area contributed by atoms with Crippen LogP contribution in [0.3, 0.4) is 0 Å². The molecule has 2 heterocycles. The van der Waals surface area contributed by atoms with Crippen LogP contribution in [0.1, 0.15) is 10.4 Å². The molecule has 0 aliphatic heterocycles. The van der Waals surface area contributed by atoms with Gasteiger partial charge in [0, 0.05) is 11.6 Å². The highest BCUT2D eigenvalue weighted by Crippen LogP contribution is 2.13. The molecular weight excluding hydrogens is 294 g/mol. The summed E-state index contributed by atoms with van der Waals surface area (Å²) in [4.78, 5) is 31.5. The van der Waals surface area contributed by atoms with Crippen LogP contribution < -0.4 is 10.9 Å². The van der Waals surface area contributed by atoms with E-state index < -0.39 is 11.5 Å². The number of halogens is 1. The minimum Gasteiger partial charge on any atom is -0.422 e. The molecule has 1 aromatic carbocycles. The monoisotopic (exact) mass is 301 g/mol. The maximum absolute atomic E-state index is 12.1. The third kappa shape index (κ3) is 2.75. The zero-order chi connectivity index (χ0) is 14.8. The van der Waals surface area contributed by atoms with Gasteiger partial charge in [-0.15, -0.1) is 0 Å². The smallest absolute Gasteiger partial charge is 0.349 e. The van der Waals surface area contributed by atoms with E-state index in [1.807, 2.05) is 0 Å². The van der Waals surface area contributed by atoms with Crippen molar-refractivity contribution in [2.45, 2.75) is 0 Å². The molecule has 0 aliphatic rings. The summed E-state index contributed by atoms with van der Waals surface area (Å²) in [6, 6.07) is 9.87. The highest BCUT2D eigenvalue weighted by Gasteiger charge is 2.14. The van der Waals surface area contributed by atoms with Gasteiger partial charge in [0.15, 0.2) is 0 Å². The Kier molecular flexibility index (Phi) is 3.37. The molecule has 104 valence electrons. The first kappa shape index (κ1) is 13.3. The van der Waals surface area contributed by atoms with Crippen molar-refractivity contribution < 1.29 is 9.21 Å². The average Bonchev–Trinajstić information content (AvgIpc) is 2.46. The molecule has 0 fully saturated rings. The van der Waals surface area contributed by atoms with E-state index in [2.05, 4.69) is 15.3 Å². The number of anilines is 1. The topological polar surface area (TPSA) is 85.1 Å². The summed E-state index contributed by atoms with van der Waals surface area (Å²) in [6.07, 6.45) is 1.40. The van der Waals surface area contributed by atoms with Crippen molar-refractivity contribution in [1.29, 1.82) is 0 Å². The molecule has 0 spiro atoms. The van der Waals surface area contributed by atoms with Crippen LogP contribution in [0, 0.1) is 0 Å². The Hall–Kier alpha value is -2.73. The SMILES string of the molecule is O=C(Nc1ccnc(Cl)n1)c1cc2ccccc2oc1=O. The van der Waals surface area contributed by atoms with E-state index >= 15 is 0 Å². The van der Waals surface area contributed by atoms with Crippen LogP contribution in [-0.2, 0) is 0 Å². The van der Waals surface area contributed by atoms with Crippen molar-refractivity contribution >= 4 is 34.3 Å². The number of carbonyl (C=O) groups excluding carboxylic acids is 1. The van der Waals surface area contributed by atoms with Crippen molar-refractivity contribution in [2.24, 2.45) is 0 Å². The van der Waals surface area contributed by atoms with Gasteiger partial charge < -0.3 is 9.73 Å². The van der Waals surface area contributed by atoms with Crippen molar-refractivity contribution in [3.8, 4) is 0 Å². The molecule has 0 unspecified atom stereocenters. The number of rotatable bonds is 2. The van der Waals surface area contributed by atoms with Gasteiger partial charge in [-0.3, -0.25) is 4.79 Å². The second-order valence-corrected chi connectivity index (χ2v) is 4.49. The molecule has 0 bridgehead atoms. The van der Waals surface area contributed by atoms with Crippen LogP contribution in [0.2, 0.25) is 5.28 Å². The maximum Gasteiger partial charge on any atom is 0.349 e. The Labute approximate surface area is 123 Å². The predicted octanol–water partition coefficient (Wildman–Crippen LogP) is 2.49. The second-order valence-electron chi connectivity index (χ2n) is 4.15. The summed E-state index contributed by atoms with van der Waals surface area (Å²) >= 11 is 5.63. The molecule has 21 heavy (non-hydrogen) atoms. The van der Waals surface area contributed by atoms with Crippen LogP contribution in [-0.4, -0.2) is 15.9 Å². The van der Waals surface area contributed by atoms with Crippen molar-refractivity contribution in [3.63, 3.8) is 0 Å². The highest BCUT2D eigenvalue weighted by molar-refractivity contribution is 6.28. The van der Waals surface area contributed by atoms with Crippen LogP contribution in [0.5, 0.6) is 0 Å². The molecule has 0 saturated carbocycles. The number of aromatic nitrogens is 2. The Morgan fingerprint density at radius 1 is 1.24 bits per heavy atom. The number of hydrogen-bond acceptors (Lipinski definition) is 5. The fourth-order valence-corrected chi connectivity index (χ4v) is 1.96. The lowest BCUT2D eigenvalue weighted by molar-refractivity contribution is 0.102. The average molecular weight is 302 g/mol.